The van der Waals surface area contributed by atoms with Gasteiger partial charge in [0.15, 0.2) is 0 Å². The van der Waals surface area contributed by atoms with Crippen LogP contribution in [-0.2, 0) is 0 Å². The number of halogens is 1. The smallest absolute Gasteiger partial charge is 1.00 e. The quantitative estimate of drug-likeness (QED) is 0.439. The van der Waals surface area contributed by atoms with E-state index in [2.05, 4.69) is 32.6 Å². The summed E-state index contributed by atoms with van der Waals surface area (Å²) in [5, 5.41) is 0. The van der Waals surface area contributed by atoms with Gasteiger partial charge in [0.25, 0.3) is 0 Å². The standard InChI is InChI=1S/C6H15N.C2H5.BrH.Mg/c1-4-7(5-2)6-3;1-2;;/h4-6H2,1-3H3;1H2,2H3;1H;/q;-1;;+2/p-1. The van der Waals surface area contributed by atoms with E-state index in [1.165, 1.54) is 19.6 Å². The first kappa shape index (κ1) is 22.8. The Hall–Kier alpha value is 1.21. The Balaban J connectivity index is -0.0000000564. The molecule has 0 amide bonds. The molecule has 11 heavy (non-hydrogen) atoms. The minimum atomic E-state index is 0. The van der Waals surface area contributed by atoms with E-state index < -0.39 is 0 Å². The molecule has 0 unspecified atom stereocenters. The Bertz CT molecular complexity index is 35.6. The van der Waals surface area contributed by atoms with Crippen LogP contribution in [0.3, 0.4) is 0 Å². The van der Waals surface area contributed by atoms with Crippen LogP contribution in [0.2, 0.25) is 0 Å². The zero-order valence-corrected chi connectivity index (χ0v) is 11.4. The first-order valence-corrected chi connectivity index (χ1v) is 3.78. The third kappa shape index (κ3) is 18.3. The number of nitrogens with zero attached hydrogens (tertiary/aromatic N) is 1. The van der Waals surface area contributed by atoms with E-state index in [1.54, 1.807) is 6.92 Å². The van der Waals surface area contributed by atoms with Crippen LogP contribution in [0.1, 0.15) is 27.7 Å². The first-order chi connectivity index (χ1) is 4.35. The predicted octanol–water partition coefficient (Wildman–Crippen LogP) is -1.19. The fourth-order valence-corrected chi connectivity index (χ4v) is 0.671. The van der Waals surface area contributed by atoms with Crippen molar-refractivity contribution in [3.63, 3.8) is 0 Å². The minimum Gasteiger partial charge on any atom is -1.00 e. The molecular weight excluding hydrogens is 214 g/mol. The SMILES string of the molecule is CCN(CC)CC.[Br-].[CH2-]C.[Mg+2]. The van der Waals surface area contributed by atoms with Crippen LogP contribution in [0.15, 0.2) is 0 Å². The molecule has 0 bridgehead atoms. The molecule has 0 aliphatic carbocycles. The average Bonchev–Trinajstić information content (AvgIpc) is 1.96. The summed E-state index contributed by atoms with van der Waals surface area (Å²) in [6.07, 6.45) is 0. The maximum absolute atomic E-state index is 3.25. The van der Waals surface area contributed by atoms with Gasteiger partial charge in [-0.15, -0.1) is 0 Å². The normalized spacial score (nSPS) is 7.09. The first-order valence-electron chi connectivity index (χ1n) is 3.78. The Kier molecular flexibility index (Phi) is 46.5. The third-order valence-electron chi connectivity index (χ3n) is 1.34. The van der Waals surface area contributed by atoms with Crippen molar-refractivity contribution >= 4 is 23.1 Å². The molecule has 1 nitrogen and oxygen atoms in total. The third-order valence-corrected chi connectivity index (χ3v) is 1.34. The number of hydrogen-bond acceptors (Lipinski definition) is 1. The van der Waals surface area contributed by atoms with E-state index in [0.717, 1.165) is 0 Å². The molecule has 0 N–H and O–H groups in total. The molecule has 0 heterocycles. The molecular formula is C8H20BrMgN. The summed E-state index contributed by atoms with van der Waals surface area (Å²) in [5.74, 6) is 0. The van der Waals surface area contributed by atoms with E-state index in [4.69, 9.17) is 0 Å². The number of rotatable bonds is 3. The van der Waals surface area contributed by atoms with E-state index >= 15 is 0 Å². The van der Waals surface area contributed by atoms with Gasteiger partial charge in [-0.1, -0.05) is 20.8 Å². The van der Waals surface area contributed by atoms with Gasteiger partial charge < -0.3 is 28.8 Å². The zero-order valence-electron chi connectivity index (χ0n) is 8.36. The van der Waals surface area contributed by atoms with Crippen LogP contribution in [0.4, 0.5) is 0 Å². The molecule has 0 aromatic heterocycles. The molecule has 0 saturated heterocycles. The van der Waals surface area contributed by atoms with Crippen molar-refractivity contribution in [2.75, 3.05) is 19.6 Å². The number of hydrogen-bond donors (Lipinski definition) is 0. The molecule has 0 saturated carbocycles. The molecule has 0 aromatic rings. The van der Waals surface area contributed by atoms with Crippen LogP contribution >= 0.6 is 0 Å². The predicted molar refractivity (Wildman–Crippen MR) is 50.2 cm³/mol. The van der Waals surface area contributed by atoms with Crippen molar-refractivity contribution in [2.45, 2.75) is 27.7 Å². The Labute approximate surface area is 98.8 Å². The molecule has 0 aliphatic rings. The molecule has 0 aliphatic heterocycles. The van der Waals surface area contributed by atoms with E-state index in [1.807, 2.05) is 0 Å². The van der Waals surface area contributed by atoms with Gasteiger partial charge in [-0.05, 0) is 19.6 Å². The van der Waals surface area contributed by atoms with Crippen molar-refractivity contribution in [3.8, 4) is 0 Å². The Morgan fingerprint density at radius 1 is 0.909 bits per heavy atom. The average molecular weight is 234 g/mol. The van der Waals surface area contributed by atoms with Crippen molar-refractivity contribution in [3.05, 3.63) is 6.92 Å². The molecule has 3 heteroatoms. The van der Waals surface area contributed by atoms with Gasteiger partial charge >= 0.3 is 23.1 Å². The fourth-order valence-electron chi connectivity index (χ4n) is 0.671. The van der Waals surface area contributed by atoms with E-state index in [-0.39, 0.29) is 40.0 Å². The second-order valence-electron chi connectivity index (χ2n) is 1.62. The molecule has 66 valence electrons. The van der Waals surface area contributed by atoms with Gasteiger partial charge in [0.2, 0.25) is 0 Å². The van der Waals surface area contributed by atoms with Crippen LogP contribution in [0, 0.1) is 6.92 Å². The molecule has 0 atom stereocenters. The Morgan fingerprint density at radius 3 is 1.09 bits per heavy atom. The van der Waals surface area contributed by atoms with Crippen molar-refractivity contribution < 1.29 is 17.0 Å². The van der Waals surface area contributed by atoms with Gasteiger partial charge in [0.1, 0.15) is 0 Å². The molecule has 0 fully saturated rings. The van der Waals surface area contributed by atoms with Gasteiger partial charge in [-0.25, -0.2) is 0 Å². The van der Waals surface area contributed by atoms with Crippen molar-refractivity contribution in [1.29, 1.82) is 0 Å². The summed E-state index contributed by atoms with van der Waals surface area (Å²) in [6.45, 7) is 15.1. The summed E-state index contributed by atoms with van der Waals surface area (Å²) >= 11 is 0. The monoisotopic (exact) mass is 233 g/mol. The van der Waals surface area contributed by atoms with Gasteiger partial charge in [0.05, 0.1) is 0 Å². The summed E-state index contributed by atoms with van der Waals surface area (Å²) in [5.41, 5.74) is 0. The topological polar surface area (TPSA) is 3.24 Å². The van der Waals surface area contributed by atoms with Crippen LogP contribution in [-0.4, -0.2) is 47.6 Å². The van der Waals surface area contributed by atoms with Gasteiger partial charge in [-0.3, -0.25) is 0 Å². The zero-order chi connectivity index (χ0) is 7.70. The van der Waals surface area contributed by atoms with Crippen LogP contribution < -0.4 is 17.0 Å². The second kappa shape index (κ2) is 22.5. The van der Waals surface area contributed by atoms with E-state index in [9.17, 15) is 0 Å². The maximum Gasteiger partial charge on any atom is 2.00 e. The summed E-state index contributed by atoms with van der Waals surface area (Å²) in [7, 11) is 0. The maximum atomic E-state index is 3.25. The largest absolute Gasteiger partial charge is 2.00 e. The van der Waals surface area contributed by atoms with Crippen molar-refractivity contribution in [2.24, 2.45) is 0 Å². The molecule has 0 spiro atoms. The Morgan fingerprint density at radius 2 is 1.09 bits per heavy atom. The van der Waals surface area contributed by atoms with Gasteiger partial charge in [-0.2, -0.15) is 6.92 Å². The molecule has 0 rings (SSSR count). The summed E-state index contributed by atoms with van der Waals surface area (Å²) in [4.78, 5) is 2.38. The molecule has 0 radical (unpaired) electrons. The fraction of sp³-hybridized carbons (Fsp3) is 0.875. The van der Waals surface area contributed by atoms with Crippen molar-refractivity contribution in [1.82, 2.24) is 4.90 Å². The summed E-state index contributed by atoms with van der Waals surface area (Å²) < 4.78 is 0. The van der Waals surface area contributed by atoms with Crippen LogP contribution in [0.25, 0.3) is 0 Å². The van der Waals surface area contributed by atoms with E-state index in [0.29, 0.717) is 0 Å². The summed E-state index contributed by atoms with van der Waals surface area (Å²) in [6, 6.07) is 0. The minimum absolute atomic E-state index is 0. The van der Waals surface area contributed by atoms with Crippen LogP contribution in [0.5, 0.6) is 0 Å². The molecule has 0 aromatic carbocycles. The second-order valence-corrected chi connectivity index (χ2v) is 1.62. The van der Waals surface area contributed by atoms with Gasteiger partial charge in [0, 0.05) is 0 Å².